The van der Waals surface area contributed by atoms with Crippen LogP contribution in [-0.4, -0.2) is 26.1 Å². The van der Waals surface area contributed by atoms with E-state index in [1.807, 2.05) is 18.2 Å². The van der Waals surface area contributed by atoms with Gasteiger partial charge in [0.05, 0.1) is 17.1 Å². The Bertz CT molecular complexity index is 1130. The number of anilines is 1. The summed E-state index contributed by atoms with van der Waals surface area (Å²) in [6.07, 6.45) is 4.35. The highest BCUT2D eigenvalue weighted by atomic mass is 19.3. The lowest BCUT2D eigenvalue weighted by Crippen LogP contribution is -2.08. The molecular formula is C23H20F3N5. The molecule has 158 valence electrons. The highest BCUT2D eigenvalue weighted by molar-refractivity contribution is 5.77. The van der Waals surface area contributed by atoms with E-state index in [-0.39, 0.29) is 5.69 Å². The second kappa shape index (κ2) is 9.42. The van der Waals surface area contributed by atoms with Gasteiger partial charge in [0, 0.05) is 18.3 Å². The quantitative estimate of drug-likeness (QED) is 0.376. The van der Waals surface area contributed by atoms with E-state index in [2.05, 4.69) is 32.4 Å². The number of nitrogens with one attached hydrogen (secondary N) is 1. The summed E-state index contributed by atoms with van der Waals surface area (Å²) in [5.41, 5.74) is 2.51. The number of imidazole rings is 1. The van der Waals surface area contributed by atoms with Crippen molar-refractivity contribution >= 4 is 5.95 Å². The van der Waals surface area contributed by atoms with Crippen molar-refractivity contribution in [2.24, 2.45) is 0 Å². The Morgan fingerprint density at radius 2 is 1.71 bits per heavy atom. The summed E-state index contributed by atoms with van der Waals surface area (Å²) in [4.78, 5) is 12.7. The van der Waals surface area contributed by atoms with E-state index in [0.717, 1.165) is 23.7 Å². The lowest BCUT2D eigenvalue weighted by Gasteiger charge is -2.11. The summed E-state index contributed by atoms with van der Waals surface area (Å²) in [7, 11) is 0. The van der Waals surface area contributed by atoms with Gasteiger partial charge in [-0.3, -0.25) is 4.57 Å². The van der Waals surface area contributed by atoms with Gasteiger partial charge in [-0.2, -0.15) is 8.78 Å². The van der Waals surface area contributed by atoms with E-state index < -0.39 is 12.4 Å². The molecule has 0 aliphatic heterocycles. The molecule has 4 rings (SSSR count). The number of rotatable bonds is 8. The minimum Gasteiger partial charge on any atom is -0.354 e. The van der Waals surface area contributed by atoms with Crippen LogP contribution in [0.5, 0.6) is 0 Å². The molecule has 0 radical (unpaired) electrons. The zero-order chi connectivity index (χ0) is 21.6. The number of halogens is 3. The molecule has 0 saturated carbocycles. The normalized spacial score (nSPS) is 11.1. The highest BCUT2D eigenvalue weighted by Gasteiger charge is 2.21. The summed E-state index contributed by atoms with van der Waals surface area (Å²) in [6.45, 7) is -2.16. The molecule has 4 aromatic rings. The Labute approximate surface area is 177 Å². The van der Waals surface area contributed by atoms with Crippen molar-refractivity contribution in [3.05, 3.63) is 84.6 Å². The van der Waals surface area contributed by atoms with Gasteiger partial charge >= 0.3 is 6.55 Å². The number of aromatic nitrogens is 4. The number of hydrogen-bond donors (Lipinski definition) is 1. The standard InChI is InChI=1S/C23H20F3N5/c24-18-10-8-17(9-11-18)20-21(31(15-29-20)22(25)26)19-12-14-28-23(30-19)27-13-4-7-16-5-2-1-3-6-16/h1-3,5-6,8-12,14-15,22H,4,7,13H2,(H,27,28,30). The summed E-state index contributed by atoms with van der Waals surface area (Å²) < 4.78 is 41.3. The maximum Gasteiger partial charge on any atom is 0.320 e. The average molecular weight is 423 g/mol. The van der Waals surface area contributed by atoms with Gasteiger partial charge < -0.3 is 5.32 Å². The van der Waals surface area contributed by atoms with Crippen LogP contribution < -0.4 is 5.32 Å². The smallest absolute Gasteiger partial charge is 0.320 e. The first-order valence-corrected chi connectivity index (χ1v) is 9.84. The number of alkyl halides is 2. The van der Waals surface area contributed by atoms with E-state index in [0.29, 0.717) is 29.4 Å². The van der Waals surface area contributed by atoms with Crippen LogP contribution in [0.1, 0.15) is 18.5 Å². The molecule has 0 saturated heterocycles. The number of hydrogen-bond acceptors (Lipinski definition) is 4. The van der Waals surface area contributed by atoms with Crippen molar-refractivity contribution < 1.29 is 13.2 Å². The second-order valence-electron chi connectivity index (χ2n) is 6.92. The van der Waals surface area contributed by atoms with Gasteiger partial charge in [0.25, 0.3) is 0 Å². The Hall–Kier alpha value is -3.68. The van der Waals surface area contributed by atoms with Gasteiger partial charge in [0.1, 0.15) is 12.1 Å². The zero-order valence-corrected chi connectivity index (χ0v) is 16.5. The van der Waals surface area contributed by atoms with Crippen molar-refractivity contribution in [3.8, 4) is 22.6 Å². The molecule has 31 heavy (non-hydrogen) atoms. The minimum absolute atomic E-state index is 0.149. The van der Waals surface area contributed by atoms with Gasteiger partial charge in [-0.05, 0) is 48.7 Å². The van der Waals surface area contributed by atoms with E-state index in [1.165, 1.54) is 36.0 Å². The lowest BCUT2D eigenvalue weighted by atomic mass is 10.1. The molecule has 2 aromatic heterocycles. The van der Waals surface area contributed by atoms with Crippen molar-refractivity contribution in [2.75, 3.05) is 11.9 Å². The van der Waals surface area contributed by atoms with E-state index in [9.17, 15) is 13.2 Å². The first kappa shape index (κ1) is 20.6. The van der Waals surface area contributed by atoms with Crippen LogP contribution in [0.15, 0.2) is 73.2 Å². The maximum absolute atomic E-state index is 13.6. The number of nitrogens with zero attached hydrogens (tertiary/aromatic N) is 4. The molecule has 2 heterocycles. The molecular weight excluding hydrogens is 403 g/mol. The fourth-order valence-corrected chi connectivity index (χ4v) is 3.29. The average Bonchev–Trinajstić information content (AvgIpc) is 3.24. The Morgan fingerprint density at radius 3 is 2.45 bits per heavy atom. The van der Waals surface area contributed by atoms with E-state index in [1.54, 1.807) is 6.07 Å². The first-order chi connectivity index (χ1) is 15.1. The van der Waals surface area contributed by atoms with Crippen LogP contribution in [0.4, 0.5) is 19.1 Å². The van der Waals surface area contributed by atoms with Crippen molar-refractivity contribution in [3.63, 3.8) is 0 Å². The SMILES string of the molecule is Fc1ccc(-c2ncn(C(F)F)c2-c2ccnc(NCCCc3ccccc3)n2)cc1. The van der Waals surface area contributed by atoms with Crippen LogP contribution in [0.3, 0.4) is 0 Å². The van der Waals surface area contributed by atoms with Crippen LogP contribution in [0.25, 0.3) is 22.6 Å². The second-order valence-corrected chi connectivity index (χ2v) is 6.92. The zero-order valence-electron chi connectivity index (χ0n) is 16.5. The molecule has 0 amide bonds. The fraction of sp³-hybridized carbons (Fsp3) is 0.174. The van der Waals surface area contributed by atoms with Crippen LogP contribution in [-0.2, 0) is 6.42 Å². The molecule has 0 aliphatic rings. The molecule has 8 heteroatoms. The van der Waals surface area contributed by atoms with E-state index in [4.69, 9.17) is 0 Å². The van der Waals surface area contributed by atoms with Crippen molar-refractivity contribution in [2.45, 2.75) is 19.4 Å². The Morgan fingerprint density at radius 1 is 0.935 bits per heavy atom. The molecule has 5 nitrogen and oxygen atoms in total. The largest absolute Gasteiger partial charge is 0.354 e. The van der Waals surface area contributed by atoms with Crippen LogP contribution in [0.2, 0.25) is 0 Å². The first-order valence-electron chi connectivity index (χ1n) is 9.84. The summed E-state index contributed by atoms with van der Waals surface area (Å²) in [5, 5.41) is 3.14. The van der Waals surface area contributed by atoms with Gasteiger partial charge in [0.15, 0.2) is 0 Å². The maximum atomic E-state index is 13.6. The van der Waals surface area contributed by atoms with Crippen LogP contribution in [0, 0.1) is 5.82 Å². The van der Waals surface area contributed by atoms with Gasteiger partial charge in [0.2, 0.25) is 5.95 Å². The number of aryl methyl sites for hydroxylation is 1. The van der Waals surface area contributed by atoms with Crippen molar-refractivity contribution in [1.82, 2.24) is 19.5 Å². The van der Waals surface area contributed by atoms with Gasteiger partial charge in [-0.15, -0.1) is 0 Å². The molecule has 0 bridgehead atoms. The monoisotopic (exact) mass is 423 g/mol. The predicted octanol–water partition coefficient (Wildman–Crippen LogP) is 5.59. The Kier molecular flexibility index (Phi) is 6.26. The summed E-state index contributed by atoms with van der Waals surface area (Å²) >= 11 is 0. The molecule has 0 atom stereocenters. The Balaban J connectivity index is 1.55. The summed E-state index contributed by atoms with van der Waals surface area (Å²) in [6, 6.07) is 17.2. The highest BCUT2D eigenvalue weighted by Crippen LogP contribution is 2.33. The van der Waals surface area contributed by atoms with E-state index >= 15 is 0 Å². The topological polar surface area (TPSA) is 55.6 Å². The summed E-state index contributed by atoms with van der Waals surface area (Å²) in [5.74, 6) is -0.0692. The third-order valence-electron chi connectivity index (χ3n) is 4.79. The molecule has 2 aromatic carbocycles. The third-order valence-corrected chi connectivity index (χ3v) is 4.79. The lowest BCUT2D eigenvalue weighted by molar-refractivity contribution is 0.0718. The molecule has 0 unspecified atom stereocenters. The molecule has 0 spiro atoms. The predicted molar refractivity (Wildman–Crippen MR) is 113 cm³/mol. The van der Waals surface area contributed by atoms with Gasteiger partial charge in [-0.25, -0.2) is 19.3 Å². The third kappa shape index (κ3) is 4.91. The molecule has 0 aliphatic carbocycles. The minimum atomic E-state index is -2.80. The molecule has 1 N–H and O–H groups in total. The number of benzene rings is 2. The molecule has 0 fully saturated rings. The fourth-order valence-electron chi connectivity index (χ4n) is 3.29. The van der Waals surface area contributed by atoms with Crippen LogP contribution >= 0.6 is 0 Å². The van der Waals surface area contributed by atoms with Gasteiger partial charge in [-0.1, -0.05) is 30.3 Å². The van der Waals surface area contributed by atoms with Crippen molar-refractivity contribution in [1.29, 1.82) is 0 Å².